The highest BCUT2D eigenvalue weighted by Crippen LogP contribution is 2.46. The number of carboxylic acid groups (broad SMARTS) is 1. The van der Waals surface area contributed by atoms with E-state index >= 15 is 0 Å². The first-order chi connectivity index (χ1) is 43.5. The molecule has 0 bridgehead atoms. The Morgan fingerprint density at radius 2 is 1.43 bits per heavy atom. The van der Waals surface area contributed by atoms with E-state index in [0.717, 1.165) is 73.3 Å². The quantitative estimate of drug-likeness (QED) is 0.00189. The summed E-state index contributed by atoms with van der Waals surface area (Å²) in [5.41, 5.74) is 21.8. The van der Waals surface area contributed by atoms with Crippen molar-refractivity contribution in [2.24, 2.45) is 10.2 Å². The number of aromatic carboxylic acids is 1. The molecule has 92 heavy (non-hydrogen) atoms. The van der Waals surface area contributed by atoms with Crippen molar-refractivity contribution < 1.29 is 74.0 Å². The highest BCUT2D eigenvalue weighted by molar-refractivity contribution is 8.76. The first-order valence-corrected chi connectivity index (χ1v) is 34.5. The highest BCUT2D eigenvalue weighted by Gasteiger charge is 2.42. The first-order valence-electron chi connectivity index (χ1n) is 28.2. The van der Waals surface area contributed by atoms with Gasteiger partial charge >= 0.3 is 12.0 Å². The van der Waals surface area contributed by atoms with Crippen LogP contribution in [0.5, 0.6) is 0 Å². The zero-order valence-electron chi connectivity index (χ0n) is 49.4. The number of amides is 4. The van der Waals surface area contributed by atoms with E-state index < -0.39 is 75.6 Å². The fourth-order valence-electron chi connectivity index (χ4n) is 9.90. The molecule has 2 unspecified atom stereocenters. The monoisotopic (exact) mass is 1360 g/mol. The number of H-pyrrole nitrogens is 1. The average Bonchev–Trinajstić information content (AvgIpc) is 0.954. The topological polar surface area (TPSA) is 526 Å². The largest absolute Gasteiger partial charge is 0.744 e. The number of nitrogens with one attached hydrogen (secondary N) is 6. The zero-order valence-corrected chi connectivity index (χ0v) is 53.5. The maximum absolute atomic E-state index is 13.3. The number of hydrogen-bond acceptors (Lipinski definition) is 22. The number of urea groups is 1. The van der Waals surface area contributed by atoms with Gasteiger partial charge < -0.3 is 51.8 Å². The van der Waals surface area contributed by atoms with Gasteiger partial charge in [0.1, 0.15) is 53.7 Å². The molecule has 3 aliphatic heterocycles. The Morgan fingerprint density at radius 3 is 2.11 bits per heavy atom. The fourth-order valence-corrected chi connectivity index (χ4v) is 15.0. The third-order valence-corrected chi connectivity index (χ3v) is 20.1. The van der Waals surface area contributed by atoms with Gasteiger partial charge in [0.05, 0.1) is 40.8 Å². The fraction of sp³-hybridized carbons (Fsp3) is 0.368. The predicted molar refractivity (Wildman–Crippen MR) is 341 cm³/mol. The molecule has 2 aromatic carbocycles. The minimum Gasteiger partial charge on any atom is -0.744 e. The van der Waals surface area contributed by atoms with Crippen molar-refractivity contribution in [3.05, 3.63) is 139 Å². The van der Waals surface area contributed by atoms with Crippen LogP contribution in [0, 0.1) is 5.41 Å². The second kappa shape index (κ2) is 34.2. The lowest BCUT2D eigenvalue weighted by Crippen LogP contribution is -2.36. The number of carboxylic acids is 1. The molecular formula is C57H65N15O15S5. The molecule has 4 amide bonds. The molecule has 2 aromatic heterocycles. The van der Waals surface area contributed by atoms with E-state index in [1.165, 1.54) is 30.6 Å². The average molecular weight is 1360 g/mol. The summed E-state index contributed by atoms with van der Waals surface area (Å²) in [6, 6.07) is 14.5. The van der Waals surface area contributed by atoms with Gasteiger partial charge in [-0.05, 0) is 103 Å². The van der Waals surface area contributed by atoms with Crippen molar-refractivity contribution in [3.63, 3.8) is 0 Å². The Labute approximate surface area is 538 Å². The summed E-state index contributed by atoms with van der Waals surface area (Å²) < 4.78 is 79.4. The Morgan fingerprint density at radius 1 is 0.783 bits per heavy atom. The number of unbranched alkanes of at least 4 members (excludes halogenated alkanes) is 1. The molecule has 2 saturated heterocycles. The van der Waals surface area contributed by atoms with Gasteiger partial charge in [-0.3, -0.25) is 34.4 Å². The number of carbonyl (C=O) groups excluding carboxylic acids is 6. The lowest BCUT2D eigenvalue weighted by atomic mass is 9.88. The van der Waals surface area contributed by atoms with Gasteiger partial charge in [-0.25, -0.2) is 31.4 Å². The Kier molecular flexibility index (Phi) is 26.9. The second-order valence-electron chi connectivity index (χ2n) is 20.6. The smallest absolute Gasteiger partial charge is 0.336 e. The van der Waals surface area contributed by atoms with Crippen LogP contribution < -0.4 is 43.5 Å². The number of nitrogen functional groups attached to an aromatic ring is 1. The molecule has 0 spiro atoms. The number of azide groups is 2. The van der Waals surface area contributed by atoms with Gasteiger partial charge in [-0.15, -0.1) is 0 Å². The van der Waals surface area contributed by atoms with Crippen LogP contribution in [-0.4, -0.2) is 125 Å². The molecule has 3 atom stereocenters. The van der Waals surface area contributed by atoms with Gasteiger partial charge in [-0.1, -0.05) is 44.3 Å². The molecule has 5 heterocycles. The molecule has 1 aliphatic carbocycles. The molecular weight excluding hydrogens is 1300 g/mol. The number of ketones is 3. The van der Waals surface area contributed by atoms with Crippen LogP contribution in [-0.2, 0) is 42.9 Å². The molecule has 13 N–H and O–H groups in total. The van der Waals surface area contributed by atoms with E-state index in [2.05, 4.69) is 51.3 Å². The van der Waals surface area contributed by atoms with Crippen LogP contribution in [0.3, 0.4) is 0 Å². The van der Waals surface area contributed by atoms with Gasteiger partial charge in [0.25, 0.3) is 11.8 Å². The first kappa shape index (κ1) is 72.4. The molecule has 35 heteroatoms. The van der Waals surface area contributed by atoms with Gasteiger partial charge in [-0.2, -0.15) is 11.8 Å². The summed E-state index contributed by atoms with van der Waals surface area (Å²) in [5, 5.41) is 35.8. The van der Waals surface area contributed by atoms with Crippen molar-refractivity contribution in [1.82, 2.24) is 32.4 Å². The lowest BCUT2D eigenvalue weighted by Gasteiger charge is -2.22. The van der Waals surface area contributed by atoms with E-state index in [-0.39, 0.29) is 102 Å². The number of carbonyl (C=O) groups is 7. The summed E-state index contributed by atoms with van der Waals surface area (Å²) in [4.78, 5) is 96.1. The van der Waals surface area contributed by atoms with E-state index in [0.29, 0.717) is 66.6 Å². The molecule has 30 nitrogen and oxygen atoms in total. The maximum atomic E-state index is 13.3. The Hall–Kier alpha value is -8.63. The van der Waals surface area contributed by atoms with Crippen LogP contribution in [0.15, 0.2) is 104 Å². The summed E-state index contributed by atoms with van der Waals surface area (Å²) in [6.07, 6.45) is 9.44. The second-order valence-corrected chi connectivity index (χ2v) is 27.2. The van der Waals surface area contributed by atoms with E-state index in [1.807, 2.05) is 11.8 Å². The van der Waals surface area contributed by atoms with Crippen LogP contribution in [0.4, 0.5) is 10.5 Å². The summed E-state index contributed by atoms with van der Waals surface area (Å²) in [7, 11) is -7.54. The van der Waals surface area contributed by atoms with Crippen LogP contribution >= 0.6 is 33.3 Å². The third-order valence-electron chi connectivity index (χ3n) is 14.3. The Balaban J connectivity index is 0.000000298. The summed E-state index contributed by atoms with van der Waals surface area (Å²) in [6.45, 7) is 0.684. The number of quaternary nitrogens is 1. The molecule has 0 radical (unpaired) electrons. The molecule has 488 valence electrons. The van der Waals surface area contributed by atoms with Crippen LogP contribution in [0.25, 0.3) is 54.3 Å². The number of aromatic amines is 1. The van der Waals surface area contributed by atoms with E-state index in [4.69, 9.17) is 26.6 Å². The number of nitrogens with zero attached hydrogens (tertiary/aromatic N) is 7. The van der Waals surface area contributed by atoms with Crippen LogP contribution in [0.1, 0.15) is 123 Å². The van der Waals surface area contributed by atoms with Crippen molar-refractivity contribution in [2.45, 2.75) is 111 Å². The van der Waals surface area contributed by atoms with Crippen molar-refractivity contribution in [2.75, 3.05) is 36.1 Å². The number of hydrogen-bond donors (Lipinski definition) is 8. The number of aromatic nitrogens is 2. The number of thioether (sulfide) groups is 1. The highest BCUT2D eigenvalue weighted by atomic mass is 33.1. The Bertz CT molecular complexity index is 4090. The summed E-state index contributed by atoms with van der Waals surface area (Å²) >= 11 is 1.91. The normalized spacial score (nSPS) is 14.8. The lowest BCUT2D eigenvalue weighted by molar-refractivity contribution is -0.390. The number of rotatable bonds is 32. The van der Waals surface area contributed by atoms with E-state index in [1.54, 1.807) is 39.8 Å². The van der Waals surface area contributed by atoms with Gasteiger partial charge in [0.2, 0.25) is 0 Å². The predicted octanol–water partition coefficient (Wildman–Crippen LogP) is 7.98. The minimum absolute atomic E-state index is 0. The molecule has 4 aliphatic rings. The number of pyridine rings is 2. The number of Topliss-reactive ketones (excluding diaryl/α,β-unsaturated/α-hetero) is 3. The number of benzene rings is 3. The minimum atomic E-state index is -5.48. The number of nitrogens with two attached hydrogens (primary N) is 1. The zero-order chi connectivity index (χ0) is 65.8. The molecule has 8 rings (SSSR count). The molecule has 2 fully saturated rings. The van der Waals surface area contributed by atoms with Crippen molar-refractivity contribution >= 4 is 111 Å². The SMILES string of the molecule is [N-]=[N+]=NCc1ccc(C(=O)NCCCC(=O)CCSSCCCC(=O)CCCC[C@@H]2SCC3NC(=O)NC32)cn1.[N-]=[N+]=NCc1ccc(C(=O)NCCCC(=O)c2ccc(C(=O)O)c(-c3c4ccc(=N)c(S(=O)(=O)[O-])c-4oc4c(S(=O)(=O)[O-])c(N)ccc34)c2)c[nH+]1.[NH4+]. The molecule has 4 aromatic rings. The van der Waals surface area contributed by atoms with Crippen LogP contribution in [0.2, 0.25) is 0 Å². The molecule has 0 saturated carbocycles. The van der Waals surface area contributed by atoms with E-state index in [9.17, 15) is 64.6 Å². The standard InChI is InChI=1S/C31H25N7O11S2.C26H37N7O4S3.H3N/c32-22-9-7-19-25(20-8-10-23(33)29(51(46,47)48)27(20)49-26(19)28(22)50(43,44)45)21-12-15(4-6-18(21)31(41)42)24(39)2-1-11-35-30(40)16-3-5-17(36-13-16)14-37-38-34;27-33-30-16-19-10-9-18(15-29-19)25(36)28-12-3-6-21(35)11-14-40-39-13-4-7-20(34)5-1-2-8-23-24-22(17-38-23)31-26(37)32-24;/h3-10,12-13,32H,1-2,11,14,33H2,(H,35,40)(H,41,42)(H,43,44,45)(H,46,47,48);9-10,15,22-24H,1-8,11-14,16-17H2,(H,28,36)(H2,31,32,37);1H3/t;22?,23-,24?;/m.0./s1. The summed E-state index contributed by atoms with van der Waals surface area (Å²) in [5.74, 6) is -0.462. The van der Waals surface area contributed by atoms with Crippen molar-refractivity contribution in [1.29, 1.82) is 5.41 Å². The number of anilines is 1. The van der Waals surface area contributed by atoms with Gasteiger partial charge in [0.15, 0.2) is 29.0 Å². The number of fused-ring (bicyclic) bond motifs is 3. The van der Waals surface area contributed by atoms with Gasteiger partial charge in [0, 0.05) is 118 Å². The van der Waals surface area contributed by atoms with Crippen molar-refractivity contribution in [3.8, 4) is 22.5 Å². The maximum Gasteiger partial charge on any atom is 0.336 e. The third kappa shape index (κ3) is 19.9.